The van der Waals surface area contributed by atoms with E-state index in [1.165, 1.54) is 13.2 Å². The molecule has 274 valence electrons. The maximum absolute atomic E-state index is 12.8. The molecule has 4 rings (SSSR count). The van der Waals surface area contributed by atoms with Gasteiger partial charge in [-0.05, 0) is 59.7 Å². The predicted octanol–water partition coefficient (Wildman–Crippen LogP) is 8.44. The number of carbonyl (C=O) groups excluding carboxylic acids is 2. The Balaban J connectivity index is 0.000000311. The highest BCUT2D eigenvalue weighted by Gasteiger charge is 2.24. The molecule has 10 heteroatoms. The Kier molecular flexibility index (Phi) is 17.1. The summed E-state index contributed by atoms with van der Waals surface area (Å²) in [6.45, 7) is 11.3. The van der Waals surface area contributed by atoms with Gasteiger partial charge in [-0.15, -0.1) is 19.7 Å². The maximum atomic E-state index is 12.8. The molecule has 0 spiro atoms. The Bertz CT molecular complexity index is 1720. The van der Waals surface area contributed by atoms with E-state index in [0.29, 0.717) is 35.7 Å². The van der Waals surface area contributed by atoms with Gasteiger partial charge < -0.3 is 39.5 Å². The van der Waals surface area contributed by atoms with Crippen LogP contribution in [0.5, 0.6) is 23.0 Å². The van der Waals surface area contributed by atoms with Gasteiger partial charge in [0.25, 0.3) is 5.91 Å². The number of ether oxygens (including phenoxy) is 6. The summed E-state index contributed by atoms with van der Waals surface area (Å²) in [7, 11) is 4.52. The van der Waals surface area contributed by atoms with E-state index in [1.807, 2.05) is 84.9 Å². The van der Waals surface area contributed by atoms with Gasteiger partial charge in [0.15, 0.2) is 0 Å². The van der Waals surface area contributed by atoms with Crippen LogP contribution in [0.2, 0.25) is 0 Å². The van der Waals surface area contributed by atoms with Gasteiger partial charge in [0.2, 0.25) is 0 Å². The Morgan fingerprint density at radius 1 is 0.692 bits per heavy atom. The van der Waals surface area contributed by atoms with Crippen LogP contribution in [0.1, 0.15) is 42.6 Å². The summed E-state index contributed by atoms with van der Waals surface area (Å²) in [5.41, 5.74) is 9.01. The largest absolute Gasteiger partial charge is 0.497 e. The van der Waals surface area contributed by atoms with Crippen molar-refractivity contribution in [3.8, 4) is 23.0 Å². The van der Waals surface area contributed by atoms with Gasteiger partial charge in [0.05, 0.1) is 45.7 Å². The van der Waals surface area contributed by atoms with Gasteiger partial charge in [0.1, 0.15) is 41.3 Å². The van der Waals surface area contributed by atoms with Crippen LogP contribution in [0.15, 0.2) is 135 Å². The number of para-hydroxylation sites is 4. The average Bonchev–Trinajstić information content (AvgIpc) is 3.17. The molecule has 10 nitrogen and oxygen atoms in total. The number of rotatable bonds is 19. The van der Waals surface area contributed by atoms with Crippen LogP contribution in [-0.2, 0) is 19.1 Å². The third kappa shape index (κ3) is 12.7. The summed E-state index contributed by atoms with van der Waals surface area (Å²) >= 11 is 0. The van der Waals surface area contributed by atoms with Crippen LogP contribution in [0.25, 0.3) is 0 Å². The van der Waals surface area contributed by atoms with Crippen LogP contribution in [0, 0.1) is 0 Å². The van der Waals surface area contributed by atoms with Gasteiger partial charge in [-0.2, -0.15) is 0 Å². The fraction of sp³-hybridized carbons (Fsp3) is 0.238. The number of anilines is 2. The zero-order valence-corrected chi connectivity index (χ0v) is 30.0. The van der Waals surface area contributed by atoms with Crippen molar-refractivity contribution in [2.45, 2.75) is 37.6 Å². The fourth-order valence-corrected chi connectivity index (χ4v) is 4.87. The molecule has 0 aliphatic rings. The third-order valence-electron chi connectivity index (χ3n) is 7.63. The smallest absolute Gasteiger partial charge is 0.308 e. The minimum absolute atomic E-state index is 0.108. The summed E-state index contributed by atoms with van der Waals surface area (Å²) < 4.78 is 32.7. The lowest BCUT2D eigenvalue weighted by atomic mass is 10.1. The first-order chi connectivity index (χ1) is 25.3. The topological polar surface area (TPSA) is 128 Å². The van der Waals surface area contributed by atoms with Crippen LogP contribution in [0.4, 0.5) is 11.4 Å². The monoisotopic (exact) mass is 708 g/mol. The van der Waals surface area contributed by atoms with E-state index in [1.54, 1.807) is 38.5 Å². The molecule has 0 aromatic heterocycles. The molecule has 52 heavy (non-hydrogen) atoms. The van der Waals surface area contributed by atoms with Gasteiger partial charge >= 0.3 is 5.97 Å². The zero-order valence-electron chi connectivity index (χ0n) is 30.0. The molecular formula is C42H48N2O8. The number of nitrogens with one attached hydrogen (secondary N) is 1. The number of benzene rings is 4. The average molecular weight is 709 g/mol. The van der Waals surface area contributed by atoms with Crippen LogP contribution < -0.4 is 30.0 Å². The molecule has 4 aromatic carbocycles. The number of hydrogen-bond acceptors (Lipinski definition) is 9. The first-order valence-corrected chi connectivity index (χ1v) is 16.6. The lowest BCUT2D eigenvalue weighted by Crippen LogP contribution is -2.33. The highest BCUT2D eigenvalue weighted by atomic mass is 16.5. The van der Waals surface area contributed by atoms with Crippen molar-refractivity contribution in [2.75, 3.05) is 39.0 Å². The molecule has 0 aliphatic carbocycles. The number of esters is 1. The minimum atomic E-state index is -1.03. The summed E-state index contributed by atoms with van der Waals surface area (Å²) in [5, 5.41) is 2.79. The molecule has 3 N–H and O–H groups in total. The van der Waals surface area contributed by atoms with Crippen LogP contribution in [-0.4, -0.2) is 45.9 Å². The van der Waals surface area contributed by atoms with Gasteiger partial charge in [-0.3, -0.25) is 9.59 Å². The number of methoxy groups -OCH3 is 3. The van der Waals surface area contributed by atoms with Crippen molar-refractivity contribution in [3.63, 3.8) is 0 Å². The standard InChI is InChI=1S/C25H29NO6.C17H19NO2/c1-5-9-21(18-12-14-19(29-3)15-13-18)32-22-11-8-7-10-20(22)26-25(28)23(31-16-6-2)17-24(27)30-4;1-3-6-16(13-9-11-14(19-2)12-10-13)20-17-8-5-4-7-15(17)18/h5-8,10-15,21,23H,1-2,9,16-17H2,3-4H3,(H,26,28);3-5,7-12,16H,1,6,18H2,2H3. The third-order valence-corrected chi connectivity index (χ3v) is 7.63. The molecular weight excluding hydrogens is 660 g/mol. The summed E-state index contributed by atoms with van der Waals surface area (Å²) in [5.74, 6) is 1.70. The molecule has 4 aromatic rings. The molecule has 3 atom stereocenters. The Labute approximate surface area is 306 Å². The van der Waals surface area contributed by atoms with Gasteiger partial charge in [0, 0.05) is 12.8 Å². The second-order valence-corrected chi connectivity index (χ2v) is 11.2. The molecule has 0 aliphatic heterocycles. The second-order valence-electron chi connectivity index (χ2n) is 11.2. The second kappa shape index (κ2) is 22.0. The van der Waals surface area contributed by atoms with Gasteiger partial charge in [-0.1, -0.05) is 66.8 Å². The van der Waals surface area contributed by atoms with E-state index in [4.69, 9.17) is 29.4 Å². The molecule has 0 bridgehead atoms. The van der Waals surface area contributed by atoms with Crippen LogP contribution in [0.3, 0.4) is 0 Å². The van der Waals surface area contributed by atoms with Crippen molar-refractivity contribution in [2.24, 2.45) is 0 Å². The molecule has 0 saturated carbocycles. The first kappa shape index (κ1) is 40.4. The van der Waals surface area contributed by atoms with Crippen molar-refractivity contribution in [1.82, 2.24) is 0 Å². The van der Waals surface area contributed by atoms with E-state index < -0.39 is 18.0 Å². The molecule has 0 fully saturated rings. The van der Waals surface area contributed by atoms with Crippen molar-refractivity contribution < 1.29 is 38.0 Å². The molecule has 3 unspecified atom stereocenters. The fourth-order valence-electron chi connectivity index (χ4n) is 4.87. The van der Waals surface area contributed by atoms with Gasteiger partial charge in [-0.25, -0.2) is 0 Å². The number of nitrogen functional groups attached to an aromatic ring is 1. The number of amides is 1. The van der Waals surface area contributed by atoms with E-state index >= 15 is 0 Å². The minimum Gasteiger partial charge on any atom is -0.497 e. The summed E-state index contributed by atoms with van der Waals surface area (Å²) in [4.78, 5) is 24.5. The molecule has 0 heterocycles. The number of nitrogens with two attached hydrogens (primary N) is 1. The van der Waals surface area contributed by atoms with E-state index in [2.05, 4.69) is 29.8 Å². The zero-order chi connectivity index (χ0) is 37.7. The molecule has 0 radical (unpaired) electrons. The Morgan fingerprint density at radius 2 is 1.19 bits per heavy atom. The van der Waals surface area contributed by atoms with Crippen molar-refractivity contribution in [1.29, 1.82) is 0 Å². The van der Waals surface area contributed by atoms with E-state index in [9.17, 15) is 9.59 Å². The van der Waals surface area contributed by atoms with Crippen molar-refractivity contribution >= 4 is 23.3 Å². The number of carbonyl (C=O) groups is 2. The maximum Gasteiger partial charge on any atom is 0.308 e. The SMILES string of the molecule is C=CCC(Oc1ccccc1N)c1ccc(OC)cc1.C=CCOC(CC(=O)OC)C(=O)Nc1ccccc1OC(CC=C)c1ccc(OC)cc1. The van der Waals surface area contributed by atoms with E-state index in [-0.39, 0.29) is 25.2 Å². The normalized spacial score (nSPS) is 12.0. The van der Waals surface area contributed by atoms with Crippen molar-refractivity contribution in [3.05, 3.63) is 146 Å². The lowest BCUT2D eigenvalue weighted by Gasteiger charge is -2.22. The van der Waals surface area contributed by atoms with E-state index in [0.717, 1.165) is 22.6 Å². The molecule has 1 amide bonds. The molecule has 0 saturated heterocycles. The highest BCUT2D eigenvalue weighted by Crippen LogP contribution is 2.33. The highest BCUT2D eigenvalue weighted by molar-refractivity contribution is 5.97. The Morgan fingerprint density at radius 3 is 1.67 bits per heavy atom. The number of hydrogen-bond donors (Lipinski definition) is 2. The quantitative estimate of drug-likeness (QED) is 0.0560. The lowest BCUT2D eigenvalue weighted by molar-refractivity contribution is -0.147. The Hall–Kier alpha value is -6.00. The summed E-state index contributed by atoms with van der Waals surface area (Å²) in [6.07, 6.45) is 4.71. The predicted molar refractivity (Wildman–Crippen MR) is 205 cm³/mol. The first-order valence-electron chi connectivity index (χ1n) is 16.6. The van der Waals surface area contributed by atoms with Crippen LogP contribution >= 0.6 is 0 Å². The summed E-state index contributed by atoms with van der Waals surface area (Å²) in [6, 6.07) is 29.9.